The van der Waals surface area contributed by atoms with Crippen LogP contribution in [-0.4, -0.2) is 21.9 Å². The lowest BCUT2D eigenvalue weighted by Gasteiger charge is -2.03. The van der Waals surface area contributed by atoms with Crippen LogP contribution in [-0.2, 0) is 17.6 Å². The van der Waals surface area contributed by atoms with Crippen molar-refractivity contribution in [1.82, 2.24) is 15.3 Å². The number of aromatic amines is 1. The molecule has 0 unspecified atom stereocenters. The van der Waals surface area contributed by atoms with Crippen LogP contribution in [0.1, 0.15) is 44.0 Å². The first-order valence-corrected chi connectivity index (χ1v) is 7.51. The molecule has 3 rings (SSSR count). The number of hydrogen-bond acceptors (Lipinski definition) is 2. The van der Waals surface area contributed by atoms with Crippen LogP contribution in [0.3, 0.4) is 0 Å². The molecule has 0 atom stereocenters. The van der Waals surface area contributed by atoms with Crippen molar-refractivity contribution in [3.05, 3.63) is 29.6 Å². The van der Waals surface area contributed by atoms with Gasteiger partial charge in [0.15, 0.2) is 0 Å². The van der Waals surface area contributed by atoms with E-state index in [0.717, 1.165) is 49.0 Å². The average molecular weight is 271 g/mol. The standard InChI is InChI=1S/C16H21N3O/c1-2-3-15-18-13-8-4-11(10-14(13)19-15)5-9-16(20)17-12-6-7-12/h4,8,10,12H,2-3,5-7,9H2,1H3,(H,17,20)(H,18,19). The third-order valence-electron chi connectivity index (χ3n) is 3.67. The van der Waals surface area contributed by atoms with Crippen molar-refractivity contribution in [2.45, 2.75) is 51.5 Å². The van der Waals surface area contributed by atoms with Crippen molar-refractivity contribution >= 4 is 16.9 Å². The molecule has 0 saturated heterocycles. The molecule has 1 fully saturated rings. The van der Waals surface area contributed by atoms with Gasteiger partial charge in [-0.05, 0) is 43.4 Å². The van der Waals surface area contributed by atoms with Gasteiger partial charge < -0.3 is 10.3 Å². The van der Waals surface area contributed by atoms with Gasteiger partial charge in [-0.3, -0.25) is 4.79 Å². The van der Waals surface area contributed by atoms with E-state index in [4.69, 9.17) is 0 Å². The van der Waals surface area contributed by atoms with E-state index < -0.39 is 0 Å². The molecular formula is C16H21N3O. The van der Waals surface area contributed by atoms with Gasteiger partial charge in [-0.15, -0.1) is 0 Å². The Kier molecular flexibility index (Phi) is 3.72. The summed E-state index contributed by atoms with van der Waals surface area (Å²) < 4.78 is 0. The average Bonchev–Trinajstić information content (AvgIpc) is 3.14. The molecule has 1 heterocycles. The van der Waals surface area contributed by atoms with Crippen LogP contribution in [0, 0.1) is 0 Å². The summed E-state index contributed by atoms with van der Waals surface area (Å²) in [5, 5.41) is 3.02. The third kappa shape index (κ3) is 3.18. The van der Waals surface area contributed by atoms with Crippen molar-refractivity contribution in [1.29, 1.82) is 0 Å². The van der Waals surface area contributed by atoms with Crippen molar-refractivity contribution in [3.63, 3.8) is 0 Å². The highest BCUT2D eigenvalue weighted by molar-refractivity contribution is 5.78. The lowest BCUT2D eigenvalue weighted by Crippen LogP contribution is -2.25. The number of carbonyl (C=O) groups is 1. The molecule has 1 saturated carbocycles. The zero-order valence-corrected chi connectivity index (χ0v) is 11.9. The van der Waals surface area contributed by atoms with Crippen molar-refractivity contribution in [2.75, 3.05) is 0 Å². The number of carbonyl (C=O) groups excluding carboxylic acids is 1. The highest BCUT2D eigenvalue weighted by Crippen LogP contribution is 2.19. The number of imidazole rings is 1. The lowest BCUT2D eigenvalue weighted by atomic mass is 10.1. The molecule has 1 aliphatic rings. The van der Waals surface area contributed by atoms with Crippen LogP contribution >= 0.6 is 0 Å². The fourth-order valence-corrected chi connectivity index (χ4v) is 2.41. The molecule has 2 aromatic rings. The molecule has 20 heavy (non-hydrogen) atoms. The zero-order chi connectivity index (χ0) is 13.9. The van der Waals surface area contributed by atoms with E-state index in [-0.39, 0.29) is 5.91 Å². The predicted molar refractivity (Wildman–Crippen MR) is 79.6 cm³/mol. The molecule has 0 aliphatic heterocycles. The summed E-state index contributed by atoms with van der Waals surface area (Å²) in [6.45, 7) is 2.15. The minimum Gasteiger partial charge on any atom is -0.353 e. The molecule has 0 bridgehead atoms. The molecule has 4 nitrogen and oxygen atoms in total. The number of aryl methyl sites for hydroxylation is 2. The van der Waals surface area contributed by atoms with Gasteiger partial charge in [-0.1, -0.05) is 13.0 Å². The monoisotopic (exact) mass is 271 g/mol. The van der Waals surface area contributed by atoms with Crippen LogP contribution in [0.25, 0.3) is 11.0 Å². The second-order valence-electron chi connectivity index (χ2n) is 5.63. The number of H-pyrrole nitrogens is 1. The van der Waals surface area contributed by atoms with E-state index in [1.165, 1.54) is 5.56 Å². The van der Waals surface area contributed by atoms with Crippen LogP contribution < -0.4 is 5.32 Å². The van der Waals surface area contributed by atoms with Crippen LogP contribution in [0.4, 0.5) is 0 Å². The van der Waals surface area contributed by atoms with E-state index in [1.807, 2.05) is 6.07 Å². The molecule has 106 valence electrons. The summed E-state index contributed by atoms with van der Waals surface area (Å²) in [7, 11) is 0. The summed E-state index contributed by atoms with van der Waals surface area (Å²) >= 11 is 0. The van der Waals surface area contributed by atoms with E-state index in [2.05, 4.69) is 34.3 Å². The maximum Gasteiger partial charge on any atom is 0.220 e. The Bertz CT molecular complexity index is 613. The highest BCUT2D eigenvalue weighted by atomic mass is 16.1. The first kappa shape index (κ1) is 13.2. The van der Waals surface area contributed by atoms with E-state index in [1.54, 1.807) is 0 Å². The number of nitrogens with zero attached hydrogens (tertiary/aromatic N) is 1. The Labute approximate surface area is 119 Å². The second-order valence-corrected chi connectivity index (χ2v) is 5.63. The van der Waals surface area contributed by atoms with Crippen molar-refractivity contribution in [3.8, 4) is 0 Å². The van der Waals surface area contributed by atoms with E-state index >= 15 is 0 Å². The SMILES string of the molecule is CCCc1nc2ccc(CCC(=O)NC3CC3)cc2[nH]1. The highest BCUT2D eigenvalue weighted by Gasteiger charge is 2.22. The summed E-state index contributed by atoms with van der Waals surface area (Å²) in [6, 6.07) is 6.68. The Morgan fingerprint density at radius 2 is 2.25 bits per heavy atom. The quantitative estimate of drug-likeness (QED) is 0.848. The number of fused-ring (bicyclic) bond motifs is 1. The fourth-order valence-electron chi connectivity index (χ4n) is 2.41. The maximum absolute atomic E-state index is 11.7. The minimum absolute atomic E-state index is 0.170. The Hall–Kier alpha value is -1.84. The van der Waals surface area contributed by atoms with Gasteiger partial charge in [0.25, 0.3) is 0 Å². The fraction of sp³-hybridized carbons (Fsp3) is 0.500. The van der Waals surface area contributed by atoms with Gasteiger partial charge in [-0.2, -0.15) is 0 Å². The molecule has 1 amide bonds. The smallest absolute Gasteiger partial charge is 0.220 e. The number of rotatable bonds is 6. The Balaban J connectivity index is 1.63. The summed E-state index contributed by atoms with van der Waals surface area (Å²) in [6.07, 6.45) is 5.72. The first-order chi connectivity index (χ1) is 9.74. The number of nitrogens with one attached hydrogen (secondary N) is 2. The lowest BCUT2D eigenvalue weighted by molar-refractivity contribution is -0.121. The van der Waals surface area contributed by atoms with E-state index in [0.29, 0.717) is 12.5 Å². The molecule has 4 heteroatoms. The molecule has 1 aliphatic carbocycles. The van der Waals surface area contributed by atoms with Crippen molar-refractivity contribution < 1.29 is 4.79 Å². The Morgan fingerprint density at radius 1 is 1.40 bits per heavy atom. The van der Waals surface area contributed by atoms with Gasteiger partial charge in [-0.25, -0.2) is 4.98 Å². The van der Waals surface area contributed by atoms with Gasteiger partial charge >= 0.3 is 0 Å². The third-order valence-corrected chi connectivity index (χ3v) is 3.67. The van der Waals surface area contributed by atoms with E-state index in [9.17, 15) is 4.79 Å². The number of aromatic nitrogens is 2. The molecule has 0 radical (unpaired) electrons. The van der Waals surface area contributed by atoms with Gasteiger partial charge in [0.05, 0.1) is 11.0 Å². The van der Waals surface area contributed by atoms with Gasteiger partial charge in [0.1, 0.15) is 5.82 Å². The maximum atomic E-state index is 11.7. The predicted octanol–water partition coefficient (Wildman–Crippen LogP) is 2.73. The molecule has 1 aromatic heterocycles. The Morgan fingerprint density at radius 3 is 3.00 bits per heavy atom. The molecule has 2 N–H and O–H groups in total. The molecule has 1 aromatic carbocycles. The summed E-state index contributed by atoms with van der Waals surface area (Å²) in [5.74, 6) is 1.22. The second kappa shape index (κ2) is 5.65. The topological polar surface area (TPSA) is 57.8 Å². The van der Waals surface area contributed by atoms with Gasteiger partial charge in [0.2, 0.25) is 5.91 Å². The summed E-state index contributed by atoms with van der Waals surface area (Å²) in [5.41, 5.74) is 3.28. The zero-order valence-electron chi connectivity index (χ0n) is 11.9. The van der Waals surface area contributed by atoms with Crippen LogP contribution in [0.2, 0.25) is 0 Å². The molecular weight excluding hydrogens is 250 g/mol. The number of benzene rings is 1. The minimum atomic E-state index is 0.170. The molecule has 0 spiro atoms. The normalized spacial score (nSPS) is 14.7. The number of amides is 1. The van der Waals surface area contributed by atoms with Crippen molar-refractivity contribution in [2.24, 2.45) is 0 Å². The van der Waals surface area contributed by atoms with Crippen LogP contribution in [0.5, 0.6) is 0 Å². The van der Waals surface area contributed by atoms with Gasteiger partial charge in [0, 0.05) is 18.9 Å². The largest absolute Gasteiger partial charge is 0.353 e. The van der Waals surface area contributed by atoms with Crippen LogP contribution in [0.15, 0.2) is 18.2 Å². The number of hydrogen-bond donors (Lipinski definition) is 2. The summed E-state index contributed by atoms with van der Waals surface area (Å²) in [4.78, 5) is 19.6. The first-order valence-electron chi connectivity index (χ1n) is 7.51.